The van der Waals surface area contributed by atoms with E-state index in [2.05, 4.69) is 11.3 Å². The van der Waals surface area contributed by atoms with Gasteiger partial charge in [0, 0.05) is 6.54 Å². The molecule has 11 heavy (non-hydrogen) atoms. The van der Waals surface area contributed by atoms with Crippen LogP contribution in [0.3, 0.4) is 0 Å². The van der Waals surface area contributed by atoms with Gasteiger partial charge in [0.15, 0.2) is 0 Å². The van der Waals surface area contributed by atoms with E-state index in [0.717, 1.165) is 0 Å². The molecular formula is C7H9NO3. The molecule has 0 aromatic heterocycles. The van der Waals surface area contributed by atoms with Crippen LogP contribution in [-0.2, 0) is 9.53 Å². The molecule has 4 heteroatoms. The highest BCUT2D eigenvalue weighted by atomic mass is 16.6. The molecule has 1 atom stereocenters. The maximum atomic E-state index is 10.8. The third kappa shape index (κ3) is 1.39. The summed E-state index contributed by atoms with van der Waals surface area (Å²) in [6.45, 7) is 3.99. The van der Waals surface area contributed by atoms with Gasteiger partial charge in [-0.2, -0.15) is 0 Å². The summed E-state index contributed by atoms with van der Waals surface area (Å²) in [4.78, 5) is 22.5. The summed E-state index contributed by atoms with van der Waals surface area (Å²) >= 11 is 0. The number of carbonyl (C=O) groups excluding carboxylic acids is 2. The van der Waals surface area contributed by atoms with Crippen molar-refractivity contribution in [2.75, 3.05) is 13.2 Å². The van der Waals surface area contributed by atoms with Crippen molar-refractivity contribution in [2.45, 2.75) is 6.04 Å². The largest absolute Gasteiger partial charge is 0.447 e. The molecule has 1 fully saturated rings. The van der Waals surface area contributed by atoms with Crippen molar-refractivity contribution in [1.29, 1.82) is 0 Å². The second-order valence-electron chi connectivity index (χ2n) is 2.22. The molecule has 0 radical (unpaired) electrons. The van der Waals surface area contributed by atoms with Crippen LogP contribution in [0.25, 0.3) is 0 Å². The molecule has 0 unspecified atom stereocenters. The Morgan fingerprint density at radius 2 is 2.55 bits per heavy atom. The highest BCUT2D eigenvalue weighted by Gasteiger charge is 2.31. The van der Waals surface area contributed by atoms with E-state index in [1.165, 1.54) is 4.90 Å². The highest BCUT2D eigenvalue weighted by Crippen LogP contribution is 2.09. The second-order valence-corrected chi connectivity index (χ2v) is 2.22. The van der Waals surface area contributed by atoms with Crippen molar-refractivity contribution in [3.8, 4) is 0 Å². The normalized spacial score (nSPS) is 23.1. The first-order chi connectivity index (χ1) is 5.29. The molecule has 1 amide bonds. The van der Waals surface area contributed by atoms with Crippen molar-refractivity contribution >= 4 is 12.4 Å². The van der Waals surface area contributed by atoms with E-state index in [1.807, 2.05) is 0 Å². The summed E-state index contributed by atoms with van der Waals surface area (Å²) in [6.07, 6.45) is 1.82. The molecule has 0 spiro atoms. The summed E-state index contributed by atoms with van der Waals surface area (Å²) in [5, 5.41) is 0. The number of nitrogens with zero attached hydrogens (tertiary/aromatic N) is 1. The molecule has 0 N–H and O–H groups in total. The van der Waals surface area contributed by atoms with Crippen LogP contribution in [0.2, 0.25) is 0 Å². The van der Waals surface area contributed by atoms with Crippen LogP contribution >= 0.6 is 0 Å². The first-order valence-corrected chi connectivity index (χ1v) is 3.29. The van der Waals surface area contributed by atoms with Crippen molar-refractivity contribution < 1.29 is 14.3 Å². The van der Waals surface area contributed by atoms with E-state index in [0.29, 0.717) is 12.8 Å². The molecule has 1 heterocycles. The predicted octanol–water partition coefficient (Wildman–Crippen LogP) is 0.192. The summed E-state index contributed by atoms with van der Waals surface area (Å²) < 4.78 is 4.63. The molecule has 1 rings (SSSR count). The van der Waals surface area contributed by atoms with Crippen LogP contribution < -0.4 is 0 Å². The number of amides is 1. The van der Waals surface area contributed by atoms with Gasteiger partial charge in [-0.25, -0.2) is 4.79 Å². The summed E-state index contributed by atoms with van der Waals surface area (Å²) in [6, 6.07) is -0.430. The van der Waals surface area contributed by atoms with Gasteiger partial charge in [0.25, 0.3) is 0 Å². The van der Waals surface area contributed by atoms with Gasteiger partial charge in [0.1, 0.15) is 18.9 Å². The zero-order chi connectivity index (χ0) is 8.27. The molecule has 4 nitrogen and oxygen atoms in total. The Morgan fingerprint density at radius 1 is 1.82 bits per heavy atom. The minimum atomic E-state index is -0.443. The molecule has 0 bridgehead atoms. The molecule has 0 aliphatic carbocycles. The SMILES string of the molecule is C=CCN1C(=O)OC[C@@H]1C=O. The van der Waals surface area contributed by atoms with E-state index >= 15 is 0 Å². The Bertz CT molecular complexity index is 190. The van der Waals surface area contributed by atoms with E-state index in [-0.39, 0.29) is 6.61 Å². The van der Waals surface area contributed by atoms with Crippen LogP contribution in [0.5, 0.6) is 0 Å². The number of hydrogen-bond donors (Lipinski definition) is 0. The first kappa shape index (κ1) is 7.78. The predicted molar refractivity (Wildman–Crippen MR) is 38.1 cm³/mol. The smallest absolute Gasteiger partial charge is 0.410 e. The lowest BCUT2D eigenvalue weighted by molar-refractivity contribution is -0.110. The first-order valence-electron chi connectivity index (χ1n) is 3.29. The lowest BCUT2D eigenvalue weighted by Gasteiger charge is -2.13. The van der Waals surface area contributed by atoms with Crippen molar-refractivity contribution in [2.24, 2.45) is 0 Å². The van der Waals surface area contributed by atoms with E-state index in [9.17, 15) is 9.59 Å². The topological polar surface area (TPSA) is 46.6 Å². The maximum absolute atomic E-state index is 10.8. The lowest BCUT2D eigenvalue weighted by atomic mass is 10.3. The number of carbonyl (C=O) groups is 2. The molecule has 60 valence electrons. The summed E-state index contributed by atoms with van der Waals surface area (Å²) in [5.41, 5.74) is 0. The minimum Gasteiger partial charge on any atom is -0.447 e. The van der Waals surface area contributed by atoms with Gasteiger partial charge in [-0.1, -0.05) is 6.08 Å². The number of rotatable bonds is 3. The van der Waals surface area contributed by atoms with Crippen molar-refractivity contribution in [1.82, 2.24) is 4.90 Å². The maximum Gasteiger partial charge on any atom is 0.410 e. The average Bonchev–Trinajstić information content (AvgIpc) is 2.34. The Balaban J connectivity index is 2.62. The molecule has 0 saturated carbocycles. The fourth-order valence-corrected chi connectivity index (χ4v) is 0.927. The number of cyclic esters (lactones) is 1. The van der Waals surface area contributed by atoms with Gasteiger partial charge in [-0.15, -0.1) is 6.58 Å². The molecule has 0 aromatic rings. The van der Waals surface area contributed by atoms with Crippen LogP contribution in [0, 0.1) is 0 Å². The van der Waals surface area contributed by atoms with Gasteiger partial charge in [0.05, 0.1) is 0 Å². The minimum absolute atomic E-state index is 0.163. The monoisotopic (exact) mass is 155 g/mol. The molecule has 1 aliphatic heterocycles. The highest BCUT2D eigenvalue weighted by molar-refractivity contribution is 5.76. The van der Waals surface area contributed by atoms with E-state index < -0.39 is 12.1 Å². The van der Waals surface area contributed by atoms with E-state index in [1.54, 1.807) is 6.08 Å². The Kier molecular flexibility index (Phi) is 2.25. The molecule has 1 aliphatic rings. The third-order valence-electron chi connectivity index (χ3n) is 1.50. The van der Waals surface area contributed by atoms with Crippen LogP contribution in [0.4, 0.5) is 4.79 Å². The standard InChI is InChI=1S/C7H9NO3/c1-2-3-8-6(4-9)5-11-7(8)10/h2,4,6H,1,3,5H2/t6-/m0/s1. The quantitative estimate of drug-likeness (QED) is 0.432. The summed E-state index contributed by atoms with van der Waals surface area (Å²) in [7, 11) is 0. The van der Waals surface area contributed by atoms with Gasteiger partial charge in [-0.3, -0.25) is 4.90 Å². The average molecular weight is 155 g/mol. The fourth-order valence-electron chi connectivity index (χ4n) is 0.927. The van der Waals surface area contributed by atoms with E-state index in [4.69, 9.17) is 0 Å². The Labute approximate surface area is 64.4 Å². The molecule has 0 aromatic carbocycles. The Morgan fingerprint density at radius 3 is 3.09 bits per heavy atom. The Hall–Kier alpha value is -1.32. The number of ether oxygens (including phenoxy) is 1. The summed E-state index contributed by atoms with van der Waals surface area (Å²) in [5.74, 6) is 0. The van der Waals surface area contributed by atoms with Gasteiger partial charge >= 0.3 is 6.09 Å². The van der Waals surface area contributed by atoms with Crippen molar-refractivity contribution in [3.63, 3.8) is 0 Å². The van der Waals surface area contributed by atoms with Gasteiger partial charge < -0.3 is 9.53 Å². The fraction of sp³-hybridized carbons (Fsp3) is 0.429. The number of aldehydes is 1. The van der Waals surface area contributed by atoms with Crippen LogP contribution in [0.15, 0.2) is 12.7 Å². The molecule has 1 saturated heterocycles. The molecular weight excluding hydrogens is 146 g/mol. The zero-order valence-corrected chi connectivity index (χ0v) is 6.03. The zero-order valence-electron chi connectivity index (χ0n) is 6.03. The number of hydrogen-bond acceptors (Lipinski definition) is 3. The van der Waals surface area contributed by atoms with Crippen LogP contribution in [0.1, 0.15) is 0 Å². The van der Waals surface area contributed by atoms with Crippen LogP contribution in [-0.4, -0.2) is 36.5 Å². The lowest BCUT2D eigenvalue weighted by Crippen LogP contribution is -2.34. The third-order valence-corrected chi connectivity index (χ3v) is 1.50. The van der Waals surface area contributed by atoms with Crippen molar-refractivity contribution in [3.05, 3.63) is 12.7 Å². The second kappa shape index (κ2) is 3.18. The van der Waals surface area contributed by atoms with Gasteiger partial charge in [-0.05, 0) is 0 Å². The van der Waals surface area contributed by atoms with Gasteiger partial charge in [0.2, 0.25) is 0 Å².